The topological polar surface area (TPSA) is 34.4 Å². The van der Waals surface area contributed by atoms with Crippen molar-refractivity contribution >= 4 is 0 Å². The van der Waals surface area contributed by atoms with Crippen LogP contribution in [0.4, 0.5) is 0 Å². The van der Waals surface area contributed by atoms with Gasteiger partial charge in [-0.3, -0.25) is 0 Å². The molecular weight excluding hydrogens is 226 g/mol. The summed E-state index contributed by atoms with van der Waals surface area (Å²) in [5.41, 5.74) is 2.40. The normalized spacial score (nSPS) is 13.4. The molecule has 1 aromatic heterocycles. The van der Waals surface area contributed by atoms with Crippen LogP contribution in [0.25, 0.3) is 11.3 Å². The molecule has 0 unspecified atom stereocenters. The predicted molar refractivity (Wildman–Crippen MR) is 70.7 cm³/mol. The minimum Gasteiger partial charge on any atom is -0.493 e. The molecule has 2 heterocycles. The van der Waals surface area contributed by atoms with Crippen molar-refractivity contribution in [1.82, 2.24) is 5.32 Å². The minimum absolute atomic E-state index is 0.782. The van der Waals surface area contributed by atoms with Crippen molar-refractivity contribution in [2.75, 3.05) is 13.2 Å². The van der Waals surface area contributed by atoms with E-state index in [1.165, 1.54) is 5.56 Å². The van der Waals surface area contributed by atoms with Crippen molar-refractivity contribution in [2.45, 2.75) is 19.9 Å². The van der Waals surface area contributed by atoms with E-state index < -0.39 is 0 Å². The smallest absolute Gasteiger partial charge is 0.134 e. The van der Waals surface area contributed by atoms with Gasteiger partial charge in [-0.1, -0.05) is 6.92 Å². The summed E-state index contributed by atoms with van der Waals surface area (Å²) in [6.07, 6.45) is 0.994. The predicted octanol–water partition coefficient (Wildman–Crippen LogP) is 2.99. The molecule has 0 aliphatic carbocycles. The second kappa shape index (κ2) is 4.86. The lowest BCUT2D eigenvalue weighted by molar-refractivity contribution is 0.357. The molecule has 0 saturated heterocycles. The third-order valence-electron chi connectivity index (χ3n) is 3.18. The van der Waals surface area contributed by atoms with E-state index in [-0.39, 0.29) is 0 Å². The zero-order chi connectivity index (χ0) is 12.4. The van der Waals surface area contributed by atoms with Crippen LogP contribution in [0.3, 0.4) is 0 Å². The lowest BCUT2D eigenvalue weighted by Gasteiger charge is -2.02. The average molecular weight is 243 g/mol. The first-order chi connectivity index (χ1) is 8.86. The molecule has 3 heteroatoms. The van der Waals surface area contributed by atoms with E-state index >= 15 is 0 Å². The highest BCUT2D eigenvalue weighted by Crippen LogP contribution is 2.31. The van der Waals surface area contributed by atoms with Crippen molar-refractivity contribution < 1.29 is 9.15 Å². The van der Waals surface area contributed by atoms with Crippen LogP contribution in [0.5, 0.6) is 5.75 Å². The Morgan fingerprint density at radius 1 is 1.22 bits per heavy atom. The number of furan rings is 1. The Morgan fingerprint density at radius 2 is 2.17 bits per heavy atom. The van der Waals surface area contributed by atoms with E-state index in [2.05, 4.69) is 24.4 Å². The second-order valence-electron chi connectivity index (χ2n) is 4.47. The van der Waals surface area contributed by atoms with E-state index in [1.54, 1.807) is 0 Å². The maximum atomic E-state index is 5.83. The van der Waals surface area contributed by atoms with Gasteiger partial charge in [-0.25, -0.2) is 0 Å². The first-order valence-electron chi connectivity index (χ1n) is 6.42. The average Bonchev–Trinajstić information content (AvgIpc) is 3.04. The van der Waals surface area contributed by atoms with Crippen LogP contribution in [0.2, 0.25) is 0 Å². The fraction of sp³-hybridized carbons (Fsp3) is 0.333. The number of ether oxygens (including phenoxy) is 1. The lowest BCUT2D eigenvalue weighted by Crippen LogP contribution is -2.10. The van der Waals surface area contributed by atoms with Gasteiger partial charge in [0.05, 0.1) is 13.2 Å². The fourth-order valence-electron chi connectivity index (χ4n) is 2.22. The monoisotopic (exact) mass is 243 g/mol. The molecule has 0 saturated carbocycles. The Kier molecular flexibility index (Phi) is 3.07. The third kappa shape index (κ3) is 2.14. The van der Waals surface area contributed by atoms with Gasteiger partial charge in [0.25, 0.3) is 0 Å². The third-order valence-corrected chi connectivity index (χ3v) is 3.18. The molecule has 0 amide bonds. The molecule has 1 aliphatic rings. The van der Waals surface area contributed by atoms with Crippen LogP contribution in [-0.2, 0) is 13.0 Å². The number of fused-ring (bicyclic) bond motifs is 1. The summed E-state index contributed by atoms with van der Waals surface area (Å²) >= 11 is 0. The molecule has 2 aromatic rings. The molecule has 0 radical (unpaired) electrons. The first kappa shape index (κ1) is 11.4. The highest BCUT2D eigenvalue weighted by Gasteiger charge is 2.13. The van der Waals surface area contributed by atoms with Gasteiger partial charge in [-0.2, -0.15) is 0 Å². The molecule has 1 N–H and O–H groups in total. The van der Waals surface area contributed by atoms with Gasteiger partial charge in [-0.15, -0.1) is 0 Å². The molecule has 3 nitrogen and oxygen atoms in total. The van der Waals surface area contributed by atoms with Crippen molar-refractivity contribution in [3.05, 3.63) is 41.7 Å². The van der Waals surface area contributed by atoms with Crippen LogP contribution < -0.4 is 10.1 Å². The highest BCUT2D eigenvalue weighted by molar-refractivity contribution is 5.61. The molecule has 0 fully saturated rings. The van der Waals surface area contributed by atoms with Crippen LogP contribution in [0.1, 0.15) is 18.2 Å². The molecule has 3 rings (SSSR count). The SMILES string of the molecule is CCNCc1ccc(-c2ccc3c(c2)CCO3)o1. The van der Waals surface area contributed by atoms with Gasteiger partial charge >= 0.3 is 0 Å². The van der Waals surface area contributed by atoms with Crippen molar-refractivity contribution in [2.24, 2.45) is 0 Å². The quantitative estimate of drug-likeness (QED) is 0.896. The van der Waals surface area contributed by atoms with Gasteiger partial charge in [0.1, 0.15) is 17.3 Å². The Morgan fingerprint density at radius 3 is 3.06 bits per heavy atom. The van der Waals surface area contributed by atoms with E-state index in [4.69, 9.17) is 9.15 Å². The maximum Gasteiger partial charge on any atom is 0.134 e. The Balaban J connectivity index is 1.83. The summed E-state index contributed by atoms with van der Waals surface area (Å²) in [5.74, 6) is 2.92. The van der Waals surface area contributed by atoms with E-state index in [0.717, 1.165) is 49.0 Å². The van der Waals surface area contributed by atoms with E-state index in [1.807, 2.05) is 18.2 Å². The van der Waals surface area contributed by atoms with Crippen LogP contribution >= 0.6 is 0 Å². The fourth-order valence-corrected chi connectivity index (χ4v) is 2.22. The highest BCUT2D eigenvalue weighted by atomic mass is 16.5. The zero-order valence-corrected chi connectivity index (χ0v) is 10.5. The Bertz CT molecular complexity index is 545. The van der Waals surface area contributed by atoms with E-state index in [0.29, 0.717) is 0 Å². The van der Waals surface area contributed by atoms with Crippen molar-refractivity contribution in [1.29, 1.82) is 0 Å². The zero-order valence-electron chi connectivity index (χ0n) is 10.5. The summed E-state index contributed by atoms with van der Waals surface area (Å²) in [7, 11) is 0. The van der Waals surface area contributed by atoms with Crippen molar-refractivity contribution in [3.8, 4) is 17.1 Å². The van der Waals surface area contributed by atoms with Gasteiger partial charge in [-0.05, 0) is 42.4 Å². The summed E-state index contributed by atoms with van der Waals surface area (Å²) in [6.45, 7) is 4.61. The van der Waals surface area contributed by atoms with Crippen LogP contribution in [0.15, 0.2) is 34.7 Å². The number of benzene rings is 1. The molecule has 0 atom stereocenters. The molecule has 18 heavy (non-hydrogen) atoms. The number of hydrogen-bond donors (Lipinski definition) is 1. The van der Waals surface area contributed by atoms with Gasteiger partial charge in [0.15, 0.2) is 0 Å². The molecule has 1 aromatic carbocycles. The summed E-state index contributed by atoms with van der Waals surface area (Å²) in [5, 5.41) is 3.26. The lowest BCUT2D eigenvalue weighted by atomic mass is 10.1. The van der Waals surface area contributed by atoms with E-state index in [9.17, 15) is 0 Å². The summed E-state index contributed by atoms with van der Waals surface area (Å²) in [4.78, 5) is 0. The van der Waals surface area contributed by atoms with Gasteiger partial charge < -0.3 is 14.5 Å². The maximum absolute atomic E-state index is 5.83. The molecule has 94 valence electrons. The standard InChI is InChI=1S/C15H17NO2/c1-2-16-10-13-4-6-15(18-13)11-3-5-14-12(9-11)7-8-17-14/h3-6,9,16H,2,7-8,10H2,1H3. The second-order valence-corrected chi connectivity index (χ2v) is 4.47. The Hall–Kier alpha value is -1.74. The first-order valence-corrected chi connectivity index (χ1v) is 6.42. The molecular formula is C15H17NO2. The van der Waals surface area contributed by atoms with Crippen LogP contribution in [-0.4, -0.2) is 13.2 Å². The molecule has 0 bridgehead atoms. The number of rotatable bonds is 4. The molecule has 0 spiro atoms. The number of hydrogen-bond acceptors (Lipinski definition) is 3. The minimum atomic E-state index is 0.782. The summed E-state index contributed by atoms with van der Waals surface area (Å²) < 4.78 is 11.3. The van der Waals surface area contributed by atoms with Gasteiger partial charge in [0.2, 0.25) is 0 Å². The largest absolute Gasteiger partial charge is 0.493 e. The Labute approximate surface area is 107 Å². The van der Waals surface area contributed by atoms with Crippen LogP contribution in [0, 0.1) is 0 Å². The van der Waals surface area contributed by atoms with Crippen molar-refractivity contribution in [3.63, 3.8) is 0 Å². The molecule has 1 aliphatic heterocycles. The summed E-state index contributed by atoms with van der Waals surface area (Å²) in [6, 6.07) is 10.3. The number of nitrogens with one attached hydrogen (secondary N) is 1. The van der Waals surface area contributed by atoms with Gasteiger partial charge in [0, 0.05) is 12.0 Å².